The number of thioether (sulfide) groups is 1. The molecule has 4 saturated carbocycles. The van der Waals surface area contributed by atoms with Crippen LogP contribution in [0.4, 0.5) is 0 Å². The first-order valence-corrected chi connectivity index (χ1v) is 7.89. The lowest BCUT2D eigenvalue weighted by atomic mass is 9.56. The molecule has 1 unspecified atom stereocenters. The van der Waals surface area contributed by atoms with E-state index in [2.05, 4.69) is 31.1 Å². The lowest BCUT2D eigenvalue weighted by molar-refractivity contribution is 0.0381. The Labute approximate surface area is 104 Å². The average Bonchev–Trinajstić information content (AvgIpc) is 2.13. The predicted octanol–water partition coefficient (Wildman–Crippen LogP) is 3.30. The lowest BCUT2D eigenvalue weighted by Crippen LogP contribution is -2.49. The zero-order valence-corrected chi connectivity index (χ0v) is 11.5. The van der Waals surface area contributed by atoms with Crippen LogP contribution in [0.15, 0.2) is 0 Å². The molecule has 0 heterocycles. The molecule has 4 aliphatic rings. The molecule has 2 heteroatoms. The second-order valence-electron chi connectivity index (χ2n) is 6.59. The van der Waals surface area contributed by atoms with Crippen molar-refractivity contribution in [3.63, 3.8) is 0 Å². The van der Waals surface area contributed by atoms with Crippen LogP contribution in [0.3, 0.4) is 0 Å². The van der Waals surface area contributed by atoms with Gasteiger partial charge in [-0.3, -0.25) is 0 Å². The Kier molecular flexibility index (Phi) is 3.00. The predicted molar refractivity (Wildman–Crippen MR) is 71.9 cm³/mol. The minimum absolute atomic E-state index is 0.699. The Morgan fingerprint density at radius 2 is 1.62 bits per heavy atom. The fourth-order valence-electron chi connectivity index (χ4n) is 4.93. The Balaban J connectivity index is 1.68. The molecule has 0 aliphatic heterocycles. The molecule has 4 bridgehead atoms. The van der Waals surface area contributed by atoms with Gasteiger partial charge in [0.2, 0.25) is 0 Å². The third kappa shape index (κ3) is 2.03. The quantitative estimate of drug-likeness (QED) is 0.808. The van der Waals surface area contributed by atoms with Crippen molar-refractivity contribution in [2.24, 2.45) is 17.8 Å². The van der Waals surface area contributed by atoms with Gasteiger partial charge in [-0.1, -0.05) is 6.92 Å². The van der Waals surface area contributed by atoms with Gasteiger partial charge >= 0.3 is 0 Å². The lowest BCUT2D eigenvalue weighted by Gasteiger charge is -2.57. The van der Waals surface area contributed by atoms with E-state index in [1.807, 2.05) is 0 Å². The molecule has 4 rings (SSSR count). The second-order valence-corrected chi connectivity index (χ2v) is 8.49. The normalized spacial score (nSPS) is 47.2. The van der Waals surface area contributed by atoms with Gasteiger partial charge in [0.1, 0.15) is 0 Å². The van der Waals surface area contributed by atoms with E-state index in [1.165, 1.54) is 6.54 Å². The molecule has 0 saturated heterocycles. The maximum atomic E-state index is 3.33. The molecular formula is C14H25NS. The molecule has 1 N–H and O–H groups in total. The van der Waals surface area contributed by atoms with Gasteiger partial charge in [-0.05, 0) is 63.3 Å². The van der Waals surface area contributed by atoms with E-state index in [-0.39, 0.29) is 0 Å². The SMILES string of the molecule is CNCC(C)SC12CC3CC(CC(C3)C1)C2. The molecule has 92 valence electrons. The molecule has 16 heavy (non-hydrogen) atoms. The van der Waals surface area contributed by atoms with Crippen molar-refractivity contribution in [1.29, 1.82) is 0 Å². The average molecular weight is 239 g/mol. The topological polar surface area (TPSA) is 12.0 Å². The molecule has 0 spiro atoms. The first-order valence-electron chi connectivity index (χ1n) is 7.01. The number of nitrogens with one attached hydrogen (secondary N) is 1. The molecule has 0 radical (unpaired) electrons. The summed E-state index contributed by atoms with van der Waals surface area (Å²) in [4.78, 5) is 0. The Morgan fingerprint density at radius 1 is 1.12 bits per heavy atom. The summed E-state index contributed by atoms with van der Waals surface area (Å²) in [6.45, 7) is 3.58. The van der Waals surface area contributed by atoms with Crippen LogP contribution in [0.2, 0.25) is 0 Å². The summed E-state index contributed by atoms with van der Waals surface area (Å²) in [5, 5.41) is 4.12. The van der Waals surface area contributed by atoms with Gasteiger partial charge in [-0.2, -0.15) is 11.8 Å². The summed E-state index contributed by atoms with van der Waals surface area (Å²) in [6.07, 6.45) is 9.33. The number of hydrogen-bond acceptors (Lipinski definition) is 2. The first kappa shape index (κ1) is 11.4. The monoisotopic (exact) mass is 239 g/mol. The van der Waals surface area contributed by atoms with E-state index in [0.717, 1.165) is 23.0 Å². The van der Waals surface area contributed by atoms with E-state index in [9.17, 15) is 0 Å². The minimum Gasteiger partial charge on any atom is -0.319 e. The van der Waals surface area contributed by atoms with Gasteiger partial charge < -0.3 is 5.32 Å². The third-order valence-corrected chi connectivity index (χ3v) is 6.49. The molecule has 4 fully saturated rings. The van der Waals surface area contributed by atoms with Crippen LogP contribution in [0, 0.1) is 17.8 Å². The van der Waals surface area contributed by atoms with Crippen molar-refractivity contribution in [3.05, 3.63) is 0 Å². The maximum absolute atomic E-state index is 3.33. The van der Waals surface area contributed by atoms with Crippen molar-refractivity contribution in [2.45, 2.75) is 55.4 Å². The molecule has 0 amide bonds. The van der Waals surface area contributed by atoms with Gasteiger partial charge in [-0.25, -0.2) is 0 Å². The van der Waals surface area contributed by atoms with Crippen LogP contribution in [0.5, 0.6) is 0 Å². The third-order valence-electron chi connectivity index (χ3n) is 4.92. The van der Waals surface area contributed by atoms with Gasteiger partial charge in [0.15, 0.2) is 0 Å². The molecule has 4 aliphatic carbocycles. The van der Waals surface area contributed by atoms with Crippen molar-refractivity contribution >= 4 is 11.8 Å². The molecule has 1 nitrogen and oxygen atoms in total. The van der Waals surface area contributed by atoms with E-state index in [1.54, 1.807) is 38.5 Å². The molecule has 1 atom stereocenters. The summed E-state index contributed by atoms with van der Waals surface area (Å²) in [5.74, 6) is 3.29. The smallest absolute Gasteiger partial charge is 0.0171 e. The number of rotatable bonds is 4. The van der Waals surface area contributed by atoms with Crippen LogP contribution in [0.1, 0.15) is 45.4 Å². The van der Waals surface area contributed by atoms with Crippen molar-refractivity contribution in [1.82, 2.24) is 5.32 Å². The summed E-state index contributed by atoms with van der Waals surface area (Å²) < 4.78 is 0.699. The van der Waals surface area contributed by atoms with Gasteiger partial charge in [-0.15, -0.1) is 0 Å². The fourth-order valence-corrected chi connectivity index (χ4v) is 7.03. The van der Waals surface area contributed by atoms with Crippen LogP contribution in [-0.2, 0) is 0 Å². The highest BCUT2D eigenvalue weighted by Crippen LogP contribution is 2.61. The molecule has 0 aromatic carbocycles. The standard InChI is InChI=1S/C14H25NS/c1-10(9-15-2)16-14-6-11-3-12(7-14)5-13(4-11)8-14/h10-13,15H,3-9H2,1-2H3. The van der Waals surface area contributed by atoms with Gasteiger partial charge in [0.05, 0.1) is 0 Å². The summed E-state index contributed by atoms with van der Waals surface area (Å²) in [5.41, 5.74) is 0. The highest BCUT2D eigenvalue weighted by Gasteiger charge is 2.51. The van der Waals surface area contributed by atoms with E-state index in [0.29, 0.717) is 4.75 Å². The maximum Gasteiger partial charge on any atom is 0.0171 e. The van der Waals surface area contributed by atoms with Crippen molar-refractivity contribution in [2.75, 3.05) is 13.6 Å². The van der Waals surface area contributed by atoms with Crippen LogP contribution in [0.25, 0.3) is 0 Å². The van der Waals surface area contributed by atoms with E-state index in [4.69, 9.17) is 0 Å². The zero-order chi connectivity index (χ0) is 11.2. The largest absolute Gasteiger partial charge is 0.319 e. The van der Waals surface area contributed by atoms with Crippen molar-refractivity contribution < 1.29 is 0 Å². The van der Waals surface area contributed by atoms with Crippen LogP contribution < -0.4 is 5.32 Å². The number of hydrogen-bond donors (Lipinski definition) is 1. The minimum atomic E-state index is 0.699. The fraction of sp³-hybridized carbons (Fsp3) is 1.00. The van der Waals surface area contributed by atoms with E-state index < -0.39 is 0 Å². The summed E-state index contributed by atoms with van der Waals surface area (Å²) in [7, 11) is 2.08. The molecule has 0 aromatic rings. The Morgan fingerprint density at radius 3 is 2.06 bits per heavy atom. The second kappa shape index (κ2) is 4.20. The molecular weight excluding hydrogens is 214 g/mol. The van der Waals surface area contributed by atoms with Crippen molar-refractivity contribution in [3.8, 4) is 0 Å². The van der Waals surface area contributed by atoms with Crippen LogP contribution in [-0.4, -0.2) is 23.6 Å². The summed E-state index contributed by atoms with van der Waals surface area (Å²) >= 11 is 2.32. The van der Waals surface area contributed by atoms with Gasteiger partial charge in [0, 0.05) is 16.5 Å². The Bertz CT molecular complexity index is 228. The highest BCUT2D eigenvalue weighted by molar-refractivity contribution is 8.01. The van der Waals surface area contributed by atoms with E-state index >= 15 is 0 Å². The summed E-state index contributed by atoms with van der Waals surface area (Å²) in [6, 6.07) is 0. The molecule has 0 aromatic heterocycles. The van der Waals surface area contributed by atoms with Gasteiger partial charge in [0.25, 0.3) is 0 Å². The first-order chi connectivity index (χ1) is 7.69. The zero-order valence-electron chi connectivity index (χ0n) is 10.7. The Hall–Kier alpha value is 0.310. The highest BCUT2D eigenvalue weighted by atomic mass is 32.2. The van der Waals surface area contributed by atoms with Crippen LogP contribution >= 0.6 is 11.8 Å².